The van der Waals surface area contributed by atoms with Crippen molar-refractivity contribution in [3.63, 3.8) is 0 Å². The van der Waals surface area contributed by atoms with Crippen LogP contribution in [0.3, 0.4) is 0 Å². The average Bonchev–Trinajstić information content (AvgIpc) is 2.15. The van der Waals surface area contributed by atoms with E-state index < -0.39 is 5.91 Å². The number of nitrogens with two attached hydrogens (primary N) is 1. The highest BCUT2D eigenvalue weighted by Gasteiger charge is 2.06. The fourth-order valence-corrected chi connectivity index (χ4v) is 0.906. The molecule has 0 spiro atoms. The van der Waals surface area contributed by atoms with Gasteiger partial charge in [0.25, 0.3) is 5.91 Å². The second kappa shape index (κ2) is 4.12. The number of hydrogen-bond donors (Lipinski definition) is 1. The van der Waals surface area contributed by atoms with Crippen LogP contribution < -0.4 is 10.5 Å². The summed E-state index contributed by atoms with van der Waals surface area (Å²) in [6.07, 6.45) is 0. The largest absolute Gasteiger partial charge is 0.478 e. The molecule has 4 heteroatoms. The zero-order valence-electron chi connectivity index (χ0n) is 6.86. The molecule has 0 unspecified atom stereocenters. The lowest BCUT2D eigenvalue weighted by Gasteiger charge is -2.04. The number of nitriles is 1. The van der Waals surface area contributed by atoms with E-state index in [4.69, 9.17) is 15.7 Å². The summed E-state index contributed by atoms with van der Waals surface area (Å²) in [5.41, 5.74) is 5.37. The number of para-hydroxylation sites is 1. The number of carbonyl (C=O) groups excluding carboxylic acids is 1. The summed E-state index contributed by atoms with van der Waals surface area (Å²) in [4.78, 5) is 10.8. The SMILES string of the molecule is N#CCOc1ccccc1C(N)=O. The molecule has 2 N–H and O–H groups in total. The highest BCUT2D eigenvalue weighted by Crippen LogP contribution is 2.16. The van der Waals surface area contributed by atoms with Gasteiger partial charge in [-0.3, -0.25) is 4.79 Å². The summed E-state index contributed by atoms with van der Waals surface area (Å²) < 4.78 is 4.99. The van der Waals surface area contributed by atoms with Gasteiger partial charge in [-0.15, -0.1) is 0 Å². The molecule has 0 fully saturated rings. The van der Waals surface area contributed by atoms with Crippen LogP contribution in [0, 0.1) is 11.3 Å². The Bertz CT molecular complexity index is 355. The van der Waals surface area contributed by atoms with Gasteiger partial charge in [0.05, 0.1) is 5.56 Å². The van der Waals surface area contributed by atoms with Crippen molar-refractivity contribution in [1.29, 1.82) is 5.26 Å². The minimum atomic E-state index is -0.562. The summed E-state index contributed by atoms with van der Waals surface area (Å²) >= 11 is 0. The molecule has 0 aliphatic rings. The van der Waals surface area contributed by atoms with Crippen LogP contribution in [0.1, 0.15) is 10.4 Å². The third-order valence-electron chi connectivity index (χ3n) is 1.44. The molecule has 1 amide bonds. The quantitative estimate of drug-likeness (QED) is 0.735. The van der Waals surface area contributed by atoms with Crippen molar-refractivity contribution >= 4 is 5.91 Å². The molecule has 13 heavy (non-hydrogen) atoms. The Kier molecular flexibility index (Phi) is 2.87. The Balaban J connectivity index is 2.92. The van der Waals surface area contributed by atoms with Gasteiger partial charge >= 0.3 is 0 Å². The normalized spacial score (nSPS) is 8.85. The van der Waals surface area contributed by atoms with Crippen molar-refractivity contribution in [3.8, 4) is 11.8 Å². The van der Waals surface area contributed by atoms with Crippen molar-refractivity contribution in [2.75, 3.05) is 6.61 Å². The van der Waals surface area contributed by atoms with Crippen LogP contribution in [0.4, 0.5) is 0 Å². The average molecular weight is 176 g/mol. The molecule has 4 nitrogen and oxygen atoms in total. The first-order valence-corrected chi connectivity index (χ1v) is 3.64. The van der Waals surface area contributed by atoms with Crippen LogP contribution in [0.25, 0.3) is 0 Å². The lowest BCUT2D eigenvalue weighted by Crippen LogP contribution is -2.12. The highest BCUT2D eigenvalue weighted by atomic mass is 16.5. The van der Waals surface area contributed by atoms with Crippen molar-refractivity contribution in [2.45, 2.75) is 0 Å². The maximum Gasteiger partial charge on any atom is 0.252 e. The zero-order chi connectivity index (χ0) is 9.68. The summed E-state index contributed by atoms with van der Waals surface area (Å²) in [7, 11) is 0. The fraction of sp³-hybridized carbons (Fsp3) is 0.111. The topological polar surface area (TPSA) is 76.1 Å². The molecule has 0 aliphatic carbocycles. The third kappa shape index (κ3) is 2.20. The monoisotopic (exact) mass is 176 g/mol. The van der Waals surface area contributed by atoms with Crippen LogP contribution >= 0.6 is 0 Å². The van der Waals surface area contributed by atoms with E-state index in [1.807, 2.05) is 6.07 Å². The van der Waals surface area contributed by atoms with Crippen LogP contribution in [-0.4, -0.2) is 12.5 Å². The van der Waals surface area contributed by atoms with E-state index in [-0.39, 0.29) is 12.2 Å². The number of carbonyl (C=O) groups is 1. The molecule has 0 bridgehead atoms. The van der Waals surface area contributed by atoms with Gasteiger partial charge in [0, 0.05) is 0 Å². The highest BCUT2D eigenvalue weighted by molar-refractivity contribution is 5.95. The van der Waals surface area contributed by atoms with Crippen LogP contribution in [-0.2, 0) is 0 Å². The van der Waals surface area contributed by atoms with E-state index in [1.54, 1.807) is 24.3 Å². The van der Waals surface area contributed by atoms with E-state index in [1.165, 1.54) is 0 Å². The molecule has 0 heterocycles. The number of amides is 1. The number of primary amides is 1. The molecule has 1 aromatic carbocycles. The zero-order valence-corrected chi connectivity index (χ0v) is 6.86. The second-order valence-electron chi connectivity index (χ2n) is 2.31. The van der Waals surface area contributed by atoms with Crippen LogP contribution in [0.5, 0.6) is 5.75 Å². The van der Waals surface area contributed by atoms with Gasteiger partial charge in [-0.1, -0.05) is 12.1 Å². The molecule has 0 radical (unpaired) electrons. The smallest absolute Gasteiger partial charge is 0.252 e. The number of nitrogens with zero attached hydrogens (tertiary/aromatic N) is 1. The van der Waals surface area contributed by atoms with Gasteiger partial charge in [-0.2, -0.15) is 5.26 Å². The first-order valence-electron chi connectivity index (χ1n) is 3.64. The van der Waals surface area contributed by atoms with Crippen LogP contribution in [0.2, 0.25) is 0 Å². The van der Waals surface area contributed by atoms with E-state index in [0.29, 0.717) is 5.75 Å². The van der Waals surface area contributed by atoms with E-state index in [2.05, 4.69) is 0 Å². The van der Waals surface area contributed by atoms with E-state index >= 15 is 0 Å². The molecule has 1 aromatic rings. The van der Waals surface area contributed by atoms with Crippen LogP contribution in [0.15, 0.2) is 24.3 Å². The van der Waals surface area contributed by atoms with Gasteiger partial charge < -0.3 is 10.5 Å². The molecule has 66 valence electrons. The number of rotatable bonds is 3. The molecular formula is C9H8N2O2. The van der Waals surface area contributed by atoms with Crippen molar-refractivity contribution < 1.29 is 9.53 Å². The molecule has 0 saturated carbocycles. The van der Waals surface area contributed by atoms with Gasteiger partial charge in [0.15, 0.2) is 6.61 Å². The van der Waals surface area contributed by atoms with Gasteiger partial charge in [0.2, 0.25) is 0 Å². The Morgan fingerprint density at radius 3 is 2.85 bits per heavy atom. The van der Waals surface area contributed by atoms with Gasteiger partial charge in [0.1, 0.15) is 11.8 Å². The van der Waals surface area contributed by atoms with Gasteiger partial charge in [-0.25, -0.2) is 0 Å². The number of benzene rings is 1. The summed E-state index contributed by atoms with van der Waals surface area (Å²) in [5.74, 6) is -0.218. The van der Waals surface area contributed by atoms with Crippen molar-refractivity contribution in [1.82, 2.24) is 0 Å². The van der Waals surface area contributed by atoms with Crippen molar-refractivity contribution in [3.05, 3.63) is 29.8 Å². The van der Waals surface area contributed by atoms with E-state index in [0.717, 1.165) is 0 Å². The molecule has 0 atom stereocenters. The maximum absolute atomic E-state index is 10.8. The fourth-order valence-electron chi connectivity index (χ4n) is 0.906. The lowest BCUT2D eigenvalue weighted by molar-refractivity contribution is 0.0997. The molecule has 1 rings (SSSR count). The molecular weight excluding hydrogens is 168 g/mol. The predicted octanol–water partition coefficient (Wildman–Crippen LogP) is 0.688. The Morgan fingerprint density at radius 1 is 1.54 bits per heavy atom. The Labute approximate surface area is 75.5 Å². The molecule has 0 aliphatic heterocycles. The maximum atomic E-state index is 10.8. The predicted molar refractivity (Wildman–Crippen MR) is 46.1 cm³/mol. The molecule has 0 aromatic heterocycles. The Morgan fingerprint density at radius 2 is 2.23 bits per heavy atom. The first-order chi connectivity index (χ1) is 6.25. The third-order valence-corrected chi connectivity index (χ3v) is 1.44. The standard InChI is InChI=1S/C9H8N2O2/c10-5-6-13-8-4-2-1-3-7(8)9(11)12/h1-4H,6H2,(H2,11,12). The first kappa shape index (κ1) is 9.07. The minimum absolute atomic E-state index is 0.0930. The van der Waals surface area contributed by atoms with Gasteiger partial charge in [-0.05, 0) is 12.1 Å². The summed E-state index contributed by atoms with van der Waals surface area (Å²) in [6, 6.07) is 8.34. The summed E-state index contributed by atoms with van der Waals surface area (Å²) in [6.45, 7) is -0.0930. The minimum Gasteiger partial charge on any atom is -0.478 e. The number of hydrogen-bond acceptors (Lipinski definition) is 3. The Hall–Kier alpha value is -2.02. The number of ether oxygens (including phenoxy) is 1. The summed E-state index contributed by atoms with van der Waals surface area (Å²) in [5, 5.41) is 8.27. The second-order valence-corrected chi connectivity index (χ2v) is 2.31. The molecule has 0 saturated heterocycles. The lowest BCUT2D eigenvalue weighted by atomic mass is 10.2. The van der Waals surface area contributed by atoms with Crippen molar-refractivity contribution in [2.24, 2.45) is 5.73 Å². The van der Waals surface area contributed by atoms with E-state index in [9.17, 15) is 4.79 Å².